The number of hydrogen-bond donors (Lipinski definition) is 0. The van der Waals surface area contributed by atoms with Gasteiger partial charge in [-0.15, -0.1) is 22.7 Å². The first kappa shape index (κ1) is 24.9. The van der Waals surface area contributed by atoms with E-state index in [1.165, 1.54) is 41.0 Å². The van der Waals surface area contributed by atoms with Crippen LogP contribution in [0.25, 0.3) is 91.0 Å². The van der Waals surface area contributed by atoms with Crippen LogP contribution in [0.1, 0.15) is 0 Å². The Kier molecular flexibility index (Phi) is 5.25. The third-order valence-corrected chi connectivity index (χ3v) is 10.8. The zero-order valence-corrected chi connectivity index (χ0v) is 25.3. The van der Waals surface area contributed by atoms with Gasteiger partial charge in [-0.3, -0.25) is 4.57 Å². The lowest BCUT2D eigenvalue weighted by Gasteiger charge is -2.11. The molecule has 0 aliphatic heterocycles. The van der Waals surface area contributed by atoms with Crippen molar-refractivity contribution in [1.29, 1.82) is 0 Å². The standard InChI is InChI=1S/C38H21N5S2/c1-3-12-22(13-4-1)35-40-36(23-14-5-2-6-15-23)42-38(41-35)43-27-19-9-7-16-24(27)29-32(43)30-26-18-11-21-39-37(26)45-34(30)31-25-17-8-10-20-28(25)44-33(29)31/h1-21H. The second-order valence-corrected chi connectivity index (χ2v) is 13.1. The van der Waals surface area contributed by atoms with Crippen molar-refractivity contribution in [1.82, 2.24) is 24.5 Å². The van der Waals surface area contributed by atoms with Crippen molar-refractivity contribution in [2.24, 2.45) is 0 Å². The van der Waals surface area contributed by atoms with E-state index in [-0.39, 0.29) is 0 Å². The summed E-state index contributed by atoms with van der Waals surface area (Å²) in [5.41, 5.74) is 4.06. The Morgan fingerprint density at radius 3 is 1.84 bits per heavy atom. The van der Waals surface area contributed by atoms with E-state index in [1.54, 1.807) is 11.3 Å². The minimum atomic E-state index is 0.596. The van der Waals surface area contributed by atoms with Crippen LogP contribution in [0.4, 0.5) is 0 Å². The minimum Gasteiger partial charge on any atom is -0.277 e. The van der Waals surface area contributed by atoms with Crippen molar-refractivity contribution < 1.29 is 0 Å². The van der Waals surface area contributed by atoms with Crippen LogP contribution in [0.15, 0.2) is 128 Å². The molecular weight excluding hydrogens is 591 g/mol. The molecule has 0 saturated heterocycles. The van der Waals surface area contributed by atoms with Crippen LogP contribution in [0, 0.1) is 0 Å². The Bertz CT molecular complexity index is 2670. The predicted molar refractivity (Wildman–Crippen MR) is 189 cm³/mol. The molecule has 0 N–H and O–H groups in total. The predicted octanol–water partition coefficient (Wildman–Crippen LogP) is 10.4. The van der Waals surface area contributed by atoms with E-state index >= 15 is 0 Å². The molecule has 0 amide bonds. The Morgan fingerprint density at radius 1 is 0.489 bits per heavy atom. The van der Waals surface area contributed by atoms with Crippen LogP contribution in [0.2, 0.25) is 0 Å². The van der Waals surface area contributed by atoms with Gasteiger partial charge in [-0.05, 0) is 24.3 Å². The number of fused-ring (bicyclic) bond motifs is 12. The highest BCUT2D eigenvalue weighted by molar-refractivity contribution is 7.30. The average molecular weight is 612 g/mol. The quantitative estimate of drug-likeness (QED) is 0.199. The summed E-state index contributed by atoms with van der Waals surface area (Å²) in [6.07, 6.45) is 1.89. The SMILES string of the molecule is c1ccc(-c2nc(-c3ccccc3)nc(-n3c4ccccc4c4c5sc6ccccc6c5c5sc6ncccc6c5c43)n2)cc1. The van der Waals surface area contributed by atoms with Crippen LogP contribution in [0.5, 0.6) is 0 Å². The highest BCUT2D eigenvalue weighted by Crippen LogP contribution is 2.51. The number of rotatable bonds is 3. The molecule has 45 heavy (non-hydrogen) atoms. The zero-order valence-electron chi connectivity index (χ0n) is 23.7. The number of nitrogens with zero attached hydrogens (tertiary/aromatic N) is 5. The third kappa shape index (κ3) is 3.59. The van der Waals surface area contributed by atoms with Crippen molar-refractivity contribution in [3.05, 3.63) is 128 Å². The molecule has 210 valence electrons. The van der Waals surface area contributed by atoms with Crippen molar-refractivity contribution in [3.63, 3.8) is 0 Å². The molecule has 5 aromatic heterocycles. The normalized spacial score (nSPS) is 12.0. The smallest absolute Gasteiger partial charge is 0.238 e. The monoisotopic (exact) mass is 611 g/mol. The summed E-state index contributed by atoms with van der Waals surface area (Å²) in [6, 6.07) is 41.9. The molecule has 5 heterocycles. The second-order valence-electron chi connectivity index (χ2n) is 11.1. The second kappa shape index (κ2) is 9.50. The molecule has 10 rings (SSSR count). The molecule has 0 atom stereocenters. The fraction of sp³-hybridized carbons (Fsp3) is 0. The lowest BCUT2D eigenvalue weighted by molar-refractivity contribution is 0.955. The molecule has 5 nitrogen and oxygen atoms in total. The van der Waals surface area contributed by atoms with Crippen molar-refractivity contribution in [2.75, 3.05) is 0 Å². The third-order valence-electron chi connectivity index (χ3n) is 8.51. The first-order chi connectivity index (χ1) is 22.3. The minimum absolute atomic E-state index is 0.596. The summed E-state index contributed by atoms with van der Waals surface area (Å²) in [5, 5.41) is 7.32. The zero-order chi connectivity index (χ0) is 29.5. The van der Waals surface area contributed by atoms with E-state index in [0.717, 1.165) is 32.4 Å². The number of thiophene rings is 2. The van der Waals surface area contributed by atoms with Crippen LogP contribution < -0.4 is 0 Å². The molecule has 5 aromatic carbocycles. The molecule has 0 spiro atoms. The van der Waals surface area contributed by atoms with Gasteiger partial charge >= 0.3 is 0 Å². The van der Waals surface area contributed by atoms with Gasteiger partial charge in [-0.1, -0.05) is 97.1 Å². The van der Waals surface area contributed by atoms with E-state index < -0.39 is 0 Å². The number of benzene rings is 5. The molecule has 0 unspecified atom stereocenters. The maximum absolute atomic E-state index is 5.20. The Balaban J connectivity index is 1.45. The summed E-state index contributed by atoms with van der Waals surface area (Å²) in [5.74, 6) is 1.88. The van der Waals surface area contributed by atoms with Gasteiger partial charge in [0.15, 0.2) is 11.6 Å². The summed E-state index contributed by atoms with van der Waals surface area (Å²) in [6.45, 7) is 0. The van der Waals surface area contributed by atoms with E-state index in [0.29, 0.717) is 17.6 Å². The summed E-state index contributed by atoms with van der Waals surface area (Å²) >= 11 is 3.63. The van der Waals surface area contributed by atoms with Crippen molar-refractivity contribution in [3.8, 4) is 28.7 Å². The number of para-hydroxylation sites is 1. The first-order valence-electron chi connectivity index (χ1n) is 14.7. The maximum Gasteiger partial charge on any atom is 0.238 e. The average Bonchev–Trinajstić information content (AvgIpc) is 3.78. The van der Waals surface area contributed by atoms with Gasteiger partial charge in [0, 0.05) is 63.7 Å². The molecule has 0 aliphatic rings. The maximum atomic E-state index is 5.20. The fourth-order valence-electron chi connectivity index (χ4n) is 6.60. The molecular formula is C38H21N5S2. The molecule has 0 bridgehead atoms. The molecule has 10 aromatic rings. The van der Waals surface area contributed by atoms with Crippen LogP contribution in [-0.4, -0.2) is 24.5 Å². The van der Waals surface area contributed by atoms with Gasteiger partial charge in [0.2, 0.25) is 5.95 Å². The van der Waals surface area contributed by atoms with Gasteiger partial charge < -0.3 is 0 Å². The molecule has 0 radical (unpaired) electrons. The lowest BCUT2D eigenvalue weighted by Crippen LogP contribution is -2.06. The Hall–Kier alpha value is -5.50. The highest BCUT2D eigenvalue weighted by atomic mass is 32.1. The topological polar surface area (TPSA) is 56.5 Å². The van der Waals surface area contributed by atoms with Gasteiger partial charge in [0.05, 0.1) is 11.0 Å². The lowest BCUT2D eigenvalue weighted by atomic mass is 10.0. The highest BCUT2D eigenvalue weighted by Gasteiger charge is 2.26. The molecule has 0 fully saturated rings. The summed E-state index contributed by atoms with van der Waals surface area (Å²) < 4.78 is 6.06. The Labute approximate surface area is 264 Å². The molecule has 0 saturated carbocycles. The van der Waals surface area contributed by atoms with Crippen LogP contribution in [-0.2, 0) is 0 Å². The number of hydrogen-bond acceptors (Lipinski definition) is 6. The largest absolute Gasteiger partial charge is 0.277 e. The molecule has 7 heteroatoms. The number of pyridine rings is 1. The molecule has 0 aliphatic carbocycles. The van der Waals surface area contributed by atoms with E-state index in [4.69, 9.17) is 19.9 Å². The first-order valence-corrected chi connectivity index (χ1v) is 16.4. The Morgan fingerprint density at radius 2 is 1.09 bits per heavy atom. The van der Waals surface area contributed by atoms with Crippen LogP contribution >= 0.6 is 22.7 Å². The van der Waals surface area contributed by atoms with Crippen LogP contribution in [0.3, 0.4) is 0 Å². The summed E-state index contributed by atoms with van der Waals surface area (Å²) in [4.78, 5) is 21.2. The van der Waals surface area contributed by atoms with Gasteiger partial charge in [-0.25, -0.2) is 9.97 Å². The summed E-state index contributed by atoms with van der Waals surface area (Å²) in [7, 11) is 0. The van der Waals surface area contributed by atoms with Gasteiger partial charge in [-0.2, -0.15) is 9.97 Å². The van der Waals surface area contributed by atoms with Crippen molar-refractivity contribution in [2.45, 2.75) is 0 Å². The number of aromatic nitrogens is 5. The van der Waals surface area contributed by atoms with E-state index in [2.05, 4.69) is 83.4 Å². The van der Waals surface area contributed by atoms with E-state index in [9.17, 15) is 0 Å². The van der Waals surface area contributed by atoms with Gasteiger partial charge in [0.25, 0.3) is 0 Å². The van der Waals surface area contributed by atoms with E-state index in [1.807, 2.05) is 60.0 Å². The van der Waals surface area contributed by atoms with Gasteiger partial charge in [0.1, 0.15) is 4.83 Å². The fourth-order valence-corrected chi connectivity index (χ4v) is 9.15. The van der Waals surface area contributed by atoms with Crippen molar-refractivity contribution >= 4 is 85.0 Å².